The van der Waals surface area contributed by atoms with E-state index in [4.69, 9.17) is 16.3 Å². The molecule has 0 aliphatic carbocycles. The Morgan fingerprint density at radius 3 is 2.25 bits per heavy atom. The lowest BCUT2D eigenvalue weighted by Crippen LogP contribution is -2.14. The molecule has 4 aromatic rings. The van der Waals surface area contributed by atoms with Gasteiger partial charge in [-0.3, -0.25) is 0 Å². The second-order valence-corrected chi connectivity index (χ2v) is 8.62. The van der Waals surface area contributed by atoms with Crippen LogP contribution in [0.2, 0.25) is 5.02 Å². The Morgan fingerprint density at radius 2 is 1.57 bits per heavy atom. The molecule has 0 aliphatic heterocycles. The highest BCUT2D eigenvalue weighted by atomic mass is 35.5. The number of aryl methyl sites for hydroxylation is 1. The molecule has 0 amide bonds. The van der Waals surface area contributed by atoms with Gasteiger partial charge in [-0.05, 0) is 42.8 Å². The first-order valence-corrected chi connectivity index (χ1v) is 10.6. The first-order valence-electron chi connectivity index (χ1n) is 8.76. The standard InChI is InChI=1S/C22H18ClNO3S/c1-16-14-19-20(24(16)28(25,26)18-10-6-3-7-11-18)12-13-21(22(19)23)27-15-17-8-4-2-5-9-17/h2-14H,15H2,1H3. The number of hydrogen-bond donors (Lipinski definition) is 0. The lowest BCUT2D eigenvalue weighted by Gasteiger charge is -2.12. The maximum atomic E-state index is 13.1. The second-order valence-electron chi connectivity index (χ2n) is 6.45. The molecule has 0 saturated heterocycles. The van der Waals surface area contributed by atoms with Crippen molar-refractivity contribution in [3.05, 3.63) is 95.1 Å². The summed E-state index contributed by atoms with van der Waals surface area (Å²) in [6, 6.07) is 23.4. The molecule has 0 bridgehead atoms. The number of fused-ring (bicyclic) bond motifs is 1. The fourth-order valence-corrected chi connectivity index (χ4v) is 5.03. The van der Waals surface area contributed by atoms with Crippen LogP contribution in [0, 0.1) is 6.92 Å². The van der Waals surface area contributed by atoms with Crippen molar-refractivity contribution >= 4 is 32.5 Å². The third-order valence-electron chi connectivity index (χ3n) is 4.53. The fourth-order valence-electron chi connectivity index (χ4n) is 3.20. The van der Waals surface area contributed by atoms with Crippen LogP contribution in [-0.2, 0) is 16.6 Å². The number of ether oxygens (including phenoxy) is 1. The molecule has 0 aliphatic rings. The third-order valence-corrected chi connectivity index (χ3v) is 6.76. The van der Waals surface area contributed by atoms with Crippen molar-refractivity contribution in [2.45, 2.75) is 18.4 Å². The van der Waals surface area contributed by atoms with Crippen LogP contribution in [0.5, 0.6) is 5.75 Å². The van der Waals surface area contributed by atoms with Crippen LogP contribution in [0.1, 0.15) is 11.3 Å². The Morgan fingerprint density at radius 1 is 0.929 bits per heavy atom. The summed E-state index contributed by atoms with van der Waals surface area (Å²) in [5, 5.41) is 1.04. The summed E-state index contributed by atoms with van der Waals surface area (Å²) in [6.07, 6.45) is 0. The molecule has 0 radical (unpaired) electrons. The molecule has 4 nitrogen and oxygen atoms in total. The van der Waals surface area contributed by atoms with Crippen molar-refractivity contribution in [1.82, 2.24) is 3.97 Å². The van der Waals surface area contributed by atoms with Crippen molar-refractivity contribution in [3.8, 4) is 5.75 Å². The van der Waals surface area contributed by atoms with Gasteiger partial charge in [0, 0.05) is 11.1 Å². The monoisotopic (exact) mass is 411 g/mol. The molecule has 1 aromatic heterocycles. The molecule has 0 atom stereocenters. The molecule has 0 spiro atoms. The molecule has 0 saturated carbocycles. The molecular formula is C22H18ClNO3S. The molecule has 1 heterocycles. The number of hydrogen-bond acceptors (Lipinski definition) is 3. The van der Waals surface area contributed by atoms with Gasteiger partial charge < -0.3 is 4.74 Å². The minimum atomic E-state index is -3.72. The van der Waals surface area contributed by atoms with Gasteiger partial charge in [-0.25, -0.2) is 12.4 Å². The molecule has 142 valence electrons. The number of nitrogens with zero attached hydrogens (tertiary/aromatic N) is 1. The van der Waals surface area contributed by atoms with E-state index in [1.165, 1.54) is 3.97 Å². The van der Waals surface area contributed by atoms with Crippen LogP contribution in [0.25, 0.3) is 10.9 Å². The molecule has 0 fully saturated rings. The Kier molecular flexibility index (Phi) is 4.87. The van der Waals surface area contributed by atoms with Gasteiger partial charge in [0.2, 0.25) is 0 Å². The highest BCUT2D eigenvalue weighted by Gasteiger charge is 2.23. The number of rotatable bonds is 5. The first kappa shape index (κ1) is 18.6. The highest BCUT2D eigenvalue weighted by Crippen LogP contribution is 2.36. The summed E-state index contributed by atoms with van der Waals surface area (Å²) in [5.74, 6) is 0.521. The van der Waals surface area contributed by atoms with Gasteiger partial charge in [0.1, 0.15) is 12.4 Å². The van der Waals surface area contributed by atoms with E-state index in [0.717, 1.165) is 5.56 Å². The Hall–Kier alpha value is -2.76. The first-order chi connectivity index (χ1) is 13.5. The Labute approximate surface area is 169 Å². The summed E-state index contributed by atoms with van der Waals surface area (Å²) in [7, 11) is -3.72. The van der Waals surface area contributed by atoms with Crippen LogP contribution < -0.4 is 4.74 Å². The lowest BCUT2D eigenvalue weighted by molar-refractivity contribution is 0.307. The minimum Gasteiger partial charge on any atom is -0.487 e. The van der Waals surface area contributed by atoms with Crippen molar-refractivity contribution < 1.29 is 13.2 Å². The van der Waals surface area contributed by atoms with Crippen LogP contribution in [0.4, 0.5) is 0 Å². The van der Waals surface area contributed by atoms with E-state index >= 15 is 0 Å². The minimum absolute atomic E-state index is 0.233. The van der Waals surface area contributed by atoms with E-state index in [9.17, 15) is 8.42 Å². The summed E-state index contributed by atoms with van der Waals surface area (Å²) in [5.41, 5.74) is 2.14. The van der Waals surface area contributed by atoms with Crippen molar-refractivity contribution in [2.75, 3.05) is 0 Å². The smallest absolute Gasteiger partial charge is 0.268 e. The molecule has 6 heteroatoms. The van der Waals surface area contributed by atoms with Crippen LogP contribution in [-0.4, -0.2) is 12.4 Å². The summed E-state index contributed by atoms with van der Waals surface area (Å²) >= 11 is 6.56. The largest absolute Gasteiger partial charge is 0.487 e. The number of halogens is 1. The zero-order chi connectivity index (χ0) is 19.7. The second kappa shape index (κ2) is 7.34. The maximum absolute atomic E-state index is 13.1. The number of aromatic nitrogens is 1. The van der Waals surface area contributed by atoms with Gasteiger partial charge in [-0.1, -0.05) is 60.1 Å². The average molecular weight is 412 g/mol. The van der Waals surface area contributed by atoms with Gasteiger partial charge in [0.05, 0.1) is 15.4 Å². The summed E-state index contributed by atoms with van der Waals surface area (Å²) in [4.78, 5) is 0.233. The van der Waals surface area contributed by atoms with Crippen LogP contribution in [0.15, 0.2) is 83.8 Å². The SMILES string of the molecule is Cc1cc2c(Cl)c(OCc3ccccc3)ccc2n1S(=O)(=O)c1ccccc1. The van der Waals surface area contributed by atoms with E-state index < -0.39 is 10.0 Å². The van der Waals surface area contributed by atoms with Gasteiger partial charge in [-0.15, -0.1) is 0 Å². The van der Waals surface area contributed by atoms with E-state index in [1.807, 2.05) is 30.3 Å². The van der Waals surface area contributed by atoms with Crippen molar-refractivity contribution in [3.63, 3.8) is 0 Å². The van der Waals surface area contributed by atoms with Crippen molar-refractivity contribution in [2.24, 2.45) is 0 Å². The van der Waals surface area contributed by atoms with Crippen molar-refractivity contribution in [1.29, 1.82) is 0 Å². The van der Waals surface area contributed by atoms with E-state index in [1.54, 1.807) is 55.5 Å². The predicted molar refractivity (Wildman–Crippen MR) is 111 cm³/mol. The normalized spacial score (nSPS) is 11.6. The predicted octanol–water partition coefficient (Wildman–Crippen LogP) is 5.42. The van der Waals surface area contributed by atoms with Crippen LogP contribution in [0.3, 0.4) is 0 Å². The quantitative estimate of drug-likeness (QED) is 0.440. The summed E-state index contributed by atoms with van der Waals surface area (Å²) < 4.78 is 33.4. The molecule has 0 N–H and O–H groups in total. The highest BCUT2D eigenvalue weighted by molar-refractivity contribution is 7.90. The fraction of sp³-hybridized carbons (Fsp3) is 0.0909. The van der Waals surface area contributed by atoms with Gasteiger partial charge in [0.25, 0.3) is 10.0 Å². The lowest BCUT2D eigenvalue weighted by atomic mass is 10.2. The van der Waals surface area contributed by atoms with Gasteiger partial charge in [0.15, 0.2) is 0 Å². The molecule has 4 rings (SSSR count). The van der Waals surface area contributed by atoms with E-state index in [2.05, 4.69) is 0 Å². The molecule has 3 aromatic carbocycles. The van der Waals surface area contributed by atoms with Crippen LogP contribution >= 0.6 is 11.6 Å². The third kappa shape index (κ3) is 3.28. The molecular weight excluding hydrogens is 394 g/mol. The Balaban J connectivity index is 1.75. The zero-order valence-electron chi connectivity index (χ0n) is 15.2. The van der Waals surface area contributed by atoms with Gasteiger partial charge in [-0.2, -0.15) is 0 Å². The summed E-state index contributed by atoms with van der Waals surface area (Å²) in [6.45, 7) is 2.13. The topological polar surface area (TPSA) is 48.3 Å². The van der Waals surface area contributed by atoms with E-state index in [0.29, 0.717) is 34.0 Å². The van der Waals surface area contributed by atoms with E-state index in [-0.39, 0.29) is 4.90 Å². The van der Waals surface area contributed by atoms with Gasteiger partial charge >= 0.3 is 0 Å². The average Bonchev–Trinajstić information content (AvgIpc) is 3.06. The Bertz CT molecular complexity index is 1230. The number of benzene rings is 3. The molecule has 28 heavy (non-hydrogen) atoms. The maximum Gasteiger partial charge on any atom is 0.268 e. The zero-order valence-corrected chi connectivity index (χ0v) is 16.7. The molecule has 0 unspecified atom stereocenters.